The van der Waals surface area contributed by atoms with Crippen molar-refractivity contribution in [2.75, 3.05) is 0 Å². The molecule has 4 N–H and O–H groups in total. The number of thiazole rings is 1. The van der Waals surface area contributed by atoms with Crippen molar-refractivity contribution in [3.8, 4) is 0 Å². The van der Waals surface area contributed by atoms with Gasteiger partial charge in [-0.15, -0.1) is 11.3 Å². The lowest BCUT2D eigenvalue weighted by Crippen LogP contribution is -2.29. The number of carboxylic acid groups (broad SMARTS) is 2. The van der Waals surface area contributed by atoms with Crippen molar-refractivity contribution in [2.24, 2.45) is 5.73 Å². The summed E-state index contributed by atoms with van der Waals surface area (Å²) in [5.41, 5.74) is 5.35. The van der Waals surface area contributed by atoms with Gasteiger partial charge in [0.05, 0.1) is 5.01 Å². The van der Waals surface area contributed by atoms with Gasteiger partial charge in [-0.2, -0.15) is 0 Å². The van der Waals surface area contributed by atoms with Crippen LogP contribution in [0.25, 0.3) is 0 Å². The van der Waals surface area contributed by atoms with Gasteiger partial charge in [0.25, 0.3) is 0 Å². The zero-order valence-corrected chi connectivity index (χ0v) is 9.24. The van der Waals surface area contributed by atoms with Gasteiger partial charge in [-0.05, 0) is 19.3 Å². The molecular formula is C9H12N2O4S. The highest BCUT2D eigenvalue weighted by atomic mass is 32.1. The lowest BCUT2D eigenvalue weighted by Gasteiger charge is -2.03. The first-order chi connectivity index (χ1) is 7.50. The number of aromatic carboxylic acids is 1. The monoisotopic (exact) mass is 244 g/mol. The summed E-state index contributed by atoms with van der Waals surface area (Å²) < 4.78 is 0. The molecule has 16 heavy (non-hydrogen) atoms. The molecule has 0 aromatic carbocycles. The number of aromatic nitrogens is 1. The van der Waals surface area contributed by atoms with E-state index in [1.165, 1.54) is 16.7 Å². The third kappa shape index (κ3) is 3.59. The molecule has 0 aliphatic heterocycles. The summed E-state index contributed by atoms with van der Waals surface area (Å²) in [6.45, 7) is 0. The van der Waals surface area contributed by atoms with E-state index in [1.807, 2.05) is 0 Å². The molecule has 0 aliphatic carbocycles. The van der Waals surface area contributed by atoms with Crippen molar-refractivity contribution in [2.45, 2.75) is 25.3 Å². The largest absolute Gasteiger partial charge is 0.480 e. The molecule has 0 saturated carbocycles. The molecule has 0 fully saturated rings. The molecule has 0 radical (unpaired) electrons. The van der Waals surface area contributed by atoms with Crippen LogP contribution in [0.2, 0.25) is 0 Å². The second kappa shape index (κ2) is 5.57. The van der Waals surface area contributed by atoms with Crippen LogP contribution in [0.5, 0.6) is 0 Å². The van der Waals surface area contributed by atoms with Crippen molar-refractivity contribution >= 4 is 23.3 Å². The Morgan fingerprint density at radius 3 is 2.69 bits per heavy atom. The molecule has 1 aromatic heterocycles. The van der Waals surface area contributed by atoms with Gasteiger partial charge in [0.2, 0.25) is 0 Å². The zero-order chi connectivity index (χ0) is 12.1. The Labute approximate surface area is 95.7 Å². The van der Waals surface area contributed by atoms with E-state index in [1.54, 1.807) is 0 Å². The molecule has 1 unspecified atom stereocenters. The maximum Gasteiger partial charge on any atom is 0.355 e. The topological polar surface area (TPSA) is 114 Å². The molecule has 0 aliphatic rings. The van der Waals surface area contributed by atoms with Gasteiger partial charge < -0.3 is 15.9 Å². The zero-order valence-electron chi connectivity index (χ0n) is 8.42. The first-order valence-electron chi connectivity index (χ1n) is 4.66. The normalized spacial score (nSPS) is 12.3. The van der Waals surface area contributed by atoms with E-state index in [0.29, 0.717) is 24.3 Å². The lowest BCUT2D eigenvalue weighted by atomic mass is 10.1. The van der Waals surface area contributed by atoms with Crippen LogP contribution in [0.4, 0.5) is 0 Å². The van der Waals surface area contributed by atoms with Gasteiger partial charge in [0.15, 0.2) is 5.69 Å². The van der Waals surface area contributed by atoms with E-state index < -0.39 is 18.0 Å². The molecule has 7 heteroatoms. The predicted octanol–water partition coefficient (Wildman–Crippen LogP) is 0.576. The van der Waals surface area contributed by atoms with Crippen molar-refractivity contribution in [1.29, 1.82) is 0 Å². The van der Waals surface area contributed by atoms with Crippen LogP contribution >= 0.6 is 11.3 Å². The summed E-state index contributed by atoms with van der Waals surface area (Å²) in [6.07, 6.45) is 1.50. The Morgan fingerprint density at radius 2 is 2.19 bits per heavy atom. The molecular weight excluding hydrogens is 232 g/mol. The van der Waals surface area contributed by atoms with Gasteiger partial charge in [-0.25, -0.2) is 9.78 Å². The Kier molecular flexibility index (Phi) is 4.39. The molecule has 88 valence electrons. The quantitative estimate of drug-likeness (QED) is 0.674. The molecule has 1 atom stereocenters. The van der Waals surface area contributed by atoms with Crippen molar-refractivity contribution in [1.82, 2.24) is 4.98 Å². The lowest BCUT2D eigenvalue weighted by molar-refractivity contribution is -0.138. The smallest absolute Gasteiger partial charge is 0.355 e. The van der Waals surface area contributed by atoms with Crippen LogP contribution in [0.15, 0.2) is 5.38 Å². The summed E-state index contributed by atoms with van der Waals surface area (Å²) >= 11 is 1.26. The average molecular weight is 244 g/mol. The fourth-order valence-corrected chi connectivity index (χ4v) is 1.94. The Balaban J connectivity index is 2.37. The van der Waals surface area contributed by atoms with Gasteiger partial charge >= 0.3 is 11.9 Å². The van der Waals surface area contributed by atoms with Crippen LogP contribution < -0.4 is 5.73 Å². The van der Waals surface area contributed by atoms with Gasteiger partial charge in [0.1, 0.15) is 6.04 Å². The highest BCUT2D eigenvalue weighted by Crippen LogP contribution is 2.13. The number of aliphatic carboxylic acids is 1. The molecule has 0 saturated heterocycles. The predicted molar refractivity (Wildman–Crippen MR) is 57.6 cm³/mol. The molecule has 6 nitrogen and oxygen atoms in total. The summed E-state index contributed by atoms with van der Waals surface area (Å²) in [7, 11) is 0. The number of nitrogens with zero attached hydrogens (tertiary/aromatic N) is 1. The van der Waals surface area contributed by atoms with E-state index >= 15 is 0 Å². The molecule has 1 rings (SSSR count). The third-order valence-corrected chi connectivity index (χ3v) is 2.90. The number of nitrogens with two attached hydrogens (primary N) is 1. The Bertz CT molecular complexity index is 391. The number of carboxylic acids is 2. The van der Waals surface area contributed by atoms with Crippen LogP contribution in [-0.4, -0.2) is 33.2 Å². The van der Waals surface area contributed by atoms with Crippen LogP contribution in [0.3, 0.4) is 0 Å². The van der Waals surface area contributed by atoms with Crippen LogP contribution in [0.1, 0.15) is 28.3 Å². The number of hydrogen-bond acceptors (Lipinski definition) is 5. The fourth-order valence-electron chi connectivity index (χ4n) is 1.12. The first kappa shape index (κ1) is 12.6. The fraction of sp³-hybridized carbons (Fsp3) is 0.444. The minimum Gasteiger partial charge on any atom is -0.480 e. The summed E-state index contributed by atoms with van der Waals surface area (Å²) in [6, 6.07) is -0.862. The molecule has 1 heterocycles. The highest BCUT2D eigenvalue weighted by Gasteiger charge is 2.12. The molecule has 0 bridgehead atoms. The maximum absolute atomic E-state index is 10.5. The van der Waals surface area contributed by atoms with Crippen molar-refractivity contribution in [3.05, 3.63) is 16.1 Å². The third-order valence-electron chi connectivity index (χ3n) is 1.99. The van der Waals surface area contributed by atoms with Gasteiger partial charge in [-0.1, -0.05) is 0 Å². The van der Waals surface area contributed by atoms with E-state index in [9.17, 15) is 9.59 Å². The summed E-state index contributed by atoms with van der Waals surface area (Å²) in [5, 5.41) is 19.3. The van der Waals surface area contributed by atoms with E-state index in [0.717, 1.165) is 0 Å². The van der Waals surface area contributed by atoms with Crippen LogP contribution in [0, 0.1) is 0 Å². The number of carbonyl (C=O) groups is 2. The maximum atomic E-state index is 10.5. The van der Waals surface area contributed by atoms with Crippen molar-refractivity contribution in [3.63, 3.8) is 0 Å². The summed E-state index contributed by atoms with van der Waals surface area (Å²) in [5.74, 6) is -2.07. The highest BCUT2D eigenvalue weighted by molar-refractivity contribution is 7.09. The number of hydrogen-bond donors (Lipinski definition) is 3. The van der Waals surface area contributed by atoms with E-state index in [4.69, 9.17) is 15.9 Å². The standard InChI is InChI=1S/C9H12N2O4S/c10-5(8(12)13)2-1-3-7-11-6(4-16-7)9(14)15/h4-5H,1-3,10H2,(H,12,13)(H,14,15). The van der Waals surface area contributed by atoms with E-state index in [2.05, 4.69) is 4.98 Å². The second-order valence-electron chi connectivity index (χ2n) is 3.27. The molecule has 1 aromatic rings. The molecule has 0 amide bonds. The van der Waals surface area contributed by atoms with Crippen LogP contribution in [-0.2, 0) is 11.2 Å². The number of aryl methyl sites for hydroxylation is 1. The Morgan fingerprint density at radius 1 is 1.50 bits per heavy atom. The minimum absolute atomic E-state index is 0.0301. The second-order valence-corrected chi connectivity index (χ2v) is 4.21. The van der Waals surface area contributed by atoms with Crippen molar-refractivity contribution < 1.29 is 19.8 Å². The van der Waals surface area contributed by atoms with Gasteiger partial charge in [0, 0.05) is 5.38 Å². The average Bonchev–Trinajstić information content (AvgIpc) is 2.66. The Hall–Kier alpha value is -1.47. The van der Waals surface area contributed by atoms with Gasteiger partial charge in [-0.3, -0.25) is 4.79 Å². The molecule has 0 spiro atoms. The first-order valence-corrected chi connectivity index (χ1v) is 5.54. The number of rotatable bonds is 6. The van der Waals surface area contributed by atoms with E-state index in [-0.39, 0.29) is 5.69 Å². The SMILES string of the molecule is NC(CCCc1nc(C(=O)O)cs1)C(=O)O. The minimum atomic E-state index is -1.05. The summed E-state index contributed by atoms with van der Waals surface area (Å²) in [4.78, 5) is 24.8.